The van der Waals surface area contributed by atoms with E-state index in [-0.39, 0.29) is 37.5 Å². The molecule has 0 aromatic heterocycles. The molecular formula is C25H28N2O6. The Kier molecular flexibility index (Phi) is 6.93. The molecule has 1 fully saturated rings. The second-order valence-corrected chi connectivity index (χ2v) is 8.40. The summed E-state index contributed by atoms with van der Waals surface area (Å²) < 4.78 is 10.7. The van der Waals surface area contributed by atoms with Crippen molar-refractivity contribution >= 4 is 18.0 Å². The number of carboxylic acids is 1. The summed E-state index contributed by atoms with van der Waals surface area (Å²) >= 11 is 0. The number of carbonyl (C=O) groups excluding carboxylic acids is 2. The number of aliphatic carboxylic acids is 1. The van der Waals surface area contributed by atoms with E-state index in [1.807, 2.05) is 36.4 Å². The molecule has 2 aromatic carbocycles. The molecule has 33 heavy (non-hydrogen) atoms. The molecule has 0 saturated carbocycles. The summed E-state index contributed by atoms with van der Waals surface area (Å²) in [5.74, 6) is -1.39. The van der Waals surface area contributed by atoms with E-state index in [4.69, 9.17) is 14.6 Å². The highest BCUT2D eigenvalue weighted by molar-refractivity contribution is 5.87. The average molecular weight is 453 g/mol. The van der Waals surface area contributed by atoms with Gasteiger partial charge in [0, 0.05) is 25.6 Å². The van der Waals surface area contributed by atoms with Gasteiger partial charge in [-0.15, -0.1) is 0 Å². The second kappa shape index (κ2) is 10.0. The minimum absolute atomic E-state index is 0.0285. The smallest absolute Gasteiger partial charge is 0.407 e. The molecule has 1 heterocycles. The van der Waals surface area contributed by atoms with Gasteiger partial charge in [-0.25, -0.2) is 4.79 Å². The number of methoxy groups -OCH3 is 1. The molecule has 0 bridgehead atoms. The summed E-state index contributed by atoms with van der Waals surface area (Å²) in [6.45, 7) is 0.571. The molecular weight excluding hydrogens is 424 g/mol. The lowest BCUT2D eigenvalue weighted by atomic mass is 9.98. The Labute approximate surface area is 192 Å². The molecule has 0 spiro atoms. The number of hydrogen-bond acceptors (Lipinski definition) is 5. The van der Waals surface area contributed by atoms with Crippen molar-refractivity contribution in [2.75, 3.05) is 26.9 Å². The van der Waals surface area contributed by atoms with E-state index in [9.17, 15) is 14.4 Å². The van der Waals surface area contributed by atoms with Crippen LogP contribution in [0, 0.1) is 0 Å². The first-order valence-corrected chi connectivity index (χ1v) is 11.1. The van der Waals surface area contributed by atoms with Crippen molar-refractivity contribution in [3.05, 3.63) is 59.7 Å². The number of likely N-dealkylation sites (tertiary alicyclic amines) is 1. The first-order valence-electron chi connectivity index (χ1n) is 11.1. The summed E-state index contributed by atoms with van der Waals surface area (Å²) in [4.78, 5) is 38.3. The van der Waals surface area contributed by atoms with Gasteiger partial charge in [0.15, 0.2) is 0 Å². The number of rotatable bonds is 8. The molecule has 1 unspecified atom stereocenters. The van der Waals surface area contributed by atoms with Crippen LogP contribution in [0.25, 0.3) is 11.1 Å². The van der Waals surface area contributed by atoms with Crippen molar-refractivity contribution in [3.63, 3.8) is 0 Å². The average Bonchev–Trinajstić information content (AvgIpc) is 3.39. The number of hydrogen-bond donors (Lipinski definition) is 2. The van der Waals surface area contributed by atoms with E-state index in [0.717, 1.165) is 28.7 Å². The largest absolute Gasteiger partial charge is 0.481 e. The molecule has 1 aliphatic heterocycles. The summed E-state index contributed by atoms with van der Waals surface area (Å²) in [6.07, 6.45) is 0.536. The molecule has 8 nitrogen and oxygen atoms in total. The lowest BCUT2D eigenvalue weighted by Gasteiger charge is -2.28. The number of nitrogens with one attached hydrogen (secondary N) is 1. The molecule has 174 valence electrons. The van der Waals surface area contributed by atoms with Crippen molar-refractivity contribution < 1.29 is 29.0 Å². The third-order valence-electron chi connectivity index (χ3n) is 6.34. The Morgan fingerprint density at radius 2 is 1.73 bits per heavy atom. The van der Waals surface area contributed by atoms with E-state index in [1.54, 1.807) is 0 Å². The molecule has 0 radical (unpaired) electrons. The van der Waals surface area contributed by atoms with Crippen LogP contribution in [0.1, 0.15) is 36.3 Å². The number of carboxylic acid groups (broad SMARTS) is 1. The summed E-state index contributed by atoms with van der Waals surface area (Å²) in [5, 5.41) is 11.7. The van der Waals surface area contributed by atoms with Crippen molar-refractivity contribution in [2.24, 2.45) is 0 Å². The van der Waals surface area contributed by atoms with Gasteiger partial charge in [0.25, 0.3) is 0 Å². The van der Waals surface area contributed by atoms with E-state index < -0.39 is 18.1 Å². The van der Waals surface area contributed by atoms with Crippen LogP contribution < -0.4 is 5.32 Å². The monoisotopic (exact) mass is 452 g/mol. The standard InChI is InChI=1S/C25H28N2O6/c1-32-15-22(24(30)27-12-6-7-16(27)13-23(28)29)26-25(31)33-14-21-19-10-4-2-8-17(19)18-9-3-5-11-20(18)21/h2-5,8-11,16,21-22H,6-7,12-15H2,1H3,(H,26,31)(H,28,29)/t16-,22?/m1/s1. The maximum Gasteiger partial charge on any atom is 0.407 e. The molecule has 1 aliphatic carbocycles. The third-order valence-corrected chi connectivity index (χ3v) is 6.34. The van der Waals surface area contributed by atoms with Gasteiger partial charge >= 0.3 is 12.1 Å². The Bertz CT molecular complexity index is 994. The number of fused-ring (bicyclic) bond motifs is 3. The minimum Gasteiger partial charge on any atom is -0.481 e. The predicted molar refractivity (Wildman–Crippen MR) is 121 cm³/mol. The molecule has 4 rings (SSSR count). The van der Waals surface area contributed by atoms with Gasteiger partial charge in [-0.1, -0.05) is 48.5 Å². The normalized spacial score (nSPS) is 17.8. The number of alkyl carbamates (subject to hydrolysis) is 1. The van der Waals surface area contributed by atoms with Crippen molar-refractivity contribution in [1.82, 2.24) is 10.2 Å². The maximum absolute atomic E-state index is 13.0. The lowest BCUT2D eigenvalue weighted by molar-refractivity contribution is -0.141. The van der Waals surface area contributed by atoms with E-state index in [2.05, 4.69) is 17.4 Å². The van der Waals surface area contributed by atoms with Crippen LogP contribution in [0.3, 0.4) is 0 Å². The quantitative estimate of drug-likeness (QED) is 0.638. The number of nitrogens with zero attached hydrogens (tertiary/aromatic N) is 1. The predicted octanol–water partition coefficient (Wildman–Crippen LogP) is 3.01. The molecule has 2 amide bonds. The van der Waals surface area contributed by atoms with Crippen LogP contribution in [0.2, 0.25) is 0 Å². The zero-order valence-corrected chi connectivity index (χ0v) is 18.5. The third kappa shape index (κ3) is 4.85. The van der Waals surface area contributed by atoms with Crippen LogP contribution in [0.15, 0.2) is 48.5 Å². The van der Waals surface area contributed by atoms with Gasteiger partial charge in [-0.05, 0) is 35.1 Å². The topological polar surface area (TPSA) is 105 Å². The van der Waals surface area contributed by atoms with Crippen LogP contribution >= 0.6 is 0 Å². The van der Waals surface area contributed by atoms with Crippen LogP contribution in [-0.2, 0) is 19.1 Å². The fraction of sp³-hybridized carbons (Fsp3) is 0.400. The van der Waals surface area contributed by atoms with Crippen LogP contribution in [-0.4, -0.2) is 66.9 Å². The summed E-state index contributed by atoms with van der Waals surface area (Å²) in [5.41, 5.74) is 4.47. The van der Waals surface area contributed by atoms with E-state index >= 15 is 0 Å². The molecule has 2 aromatic rings. The Hall–Kier alpha value is -3.39. The number of amides is 2. The van der Waals surface area contributed by atoms with Gasteiger partial charge in [0.1, 0.15) is 12.6 Å². The maximum atomic E-state index is 13.0. The zero-order valence-electron chi connectivity index (χ0n) is 18.5. The number of benzene rings is 2. The van der Waals surface area contributed by atoms with E-state index in [0.29, 0.717) is 13.0 Å². The molecule has 2 N–H and O–H groups in total. The molecule has 2 atom stereocenters. The van der Waals surface area contributed by atoms with Crippen molar-refractivity contribution in [3.8, 4) is 11.1 Å². The van der Waals surface area contributed by atoms with Crippen molar-refractivity contribution in [2.45, 2.75) is 37.3 Å². The van der Waals surface area contributed by atoms with Crippen molar-refractivity contribution in [1.29, 1.82) is 0 Å². The second-order valence-electron chi connectivity index (χ2n) is 8.40. The van der Waals surface area contributed by atoms with Gasteiger partial charge in [0.2, 0.25) is 5.91 Å². The summed E-state index contributed by atoms with van der Waals surface area (Å²) in [6, 6.07) is 14.8. The first-order chi connectivity index (χ1) is 16.0. The highest BCUT2D eigenvalue weighted by atomic mass is 16.5. The van der Waals surface area contributed by atoms with Gasteiger partial charge in [-0.2, -0.15) is 0 Å². The fourth-order valence-corrected chi connectivity index (χ4v) is 4.86. The highest BCUT2D eigenvalue weighted by Gasteiger charge is 2.35. The number of carbonyl (C=O) groups is 3. The van der Waals surface area contributed by atoms with Crippen LogP contribution in [0.5, 0.6) is 0 Å². The van der Waals surface area contributed by atoms with Gasteiger partial charge in [-0.3, -0.25) is 9.59 Å². The SMILES string of the molecule is COCC(NC(=O)OCC1c2ccccc2-c2ccccc21)C(=O)N1CCC[C@@H]1CC(=O)O. The zero-order chi connectivity index (χ0) is 23.4. The lowest BCUT2D eigenvalue weighted by Crippen LogP contribution is -2.52. The Balaban J connectivity index is 1.41. The number of ether oxygens (including phenoxy) is 2. The Morgan fingerprint density at radius 3 is 2.33 bits per heavy atom. The van der Waals surface area contributed by atoms with Gasteiger partial charge in [0.05, 0.1) is 13.0 Å². The van der Waals surface area contributed by atoms with E-state index in [1.165, 1.54) is 12.0 Å². The minimum atomic E-state index is -0.951. The first kappa shape index (κ1) is 22.8. The molecule has 1 saturated heterocycles. The molecule has 2 aliphatic rings. The summed E-state index contributed by atoms with van der Waals surface area (Å²) in [7, 11) is 1.44. The highest BCUT2D eigenvalue weighted by Crippen LogP contribution is 2.44. The van der Waals surface area contributed by atoms with Crippen LogP contribution in [0.4, 0.5) is 4.79 Å². The Morgan fingerprint density at radius 1 is 1.09 bits per heavy atom. The molecule has 8 heteroatoms. The van der Waals surface area contributed by atoms with Gasteiger partial charge < -0.3 is 24.8 Å². The fourth-order valence-electron chi connectivity index (χ4n) is 4.86.